The SMILES string of the molecule is O=S(=O)(Cl)Cc1ccc(F)c(O)c1. The van der Waals surface area contributed by atoms with E-state index in [9.17, 15) is 12.8 Å². The Bertz CT molecular complexity index is 416. The maximum absolute atomic E-state index is 12.5. The first-order chi connectivity index (χ1) is 5.88. The Hall–Kier alpha value is -0.810. The van der Waals surface area contributed by atoms with Gasteiger partial charge in [-0.05, 0) is 17.7 Å². The number of benzene rings is 1. The molecule has 0 saturated heterocycles. The van der Waals surface area contributed by atoms with Crippen LogP contribution in [-0.2, 0) is 14.8 Å². The molecule has 0 spiro atoms. The zero-order valence-corrected chi connectivity index (χ0v) is 7.94. The summed E-state index contributed by atoms with van der Waals surface area (Å²) in [4.78, 5) is 0. The molecule has 0 aliphatic rings. The van der Waals surface area contributed by atoms with Crippen molar-refractivity contribution in [2.75, 3.05) is 0 Å². The van der Waals surface area contributed by atoms with Crippen molar-refractivity contribution in [3.63, 3.8) is 0 Å². The van der Waals surface area contributed by atoms with Gasteiger partial charge in [-0.25, -0.2) is 12.8 Å². The molecule has 0 saturated carbocycles. The topological polar surface area (TPSA) is 54.4 Å². The molecule has 0 radical (unpaired) electrons. The van der Waals surface area contributed by atoms with Gasteiger partial charge in [0.2, 0.25) is 9.05 Å². The van der Waals surface area contributed by atoms with Crippen LogP contribution in [0, 0.1) is 5.82 Å². The van der Waals surface area contributed by atoms with Crippen molar-refractivity contribution >= 4 is 19.7 Å². The van der Waals surface area contributed by atoms with Crippen LogP contribution in [0.5, 0.6) is 5.75 Å². The fourth-order valence-electron chi connectivity index (χ4n) is 0.847. The van der Waals surface area contributed by atoms with Crippen molar-refractivity contribution in [3.05, 3.63) is 29.6 Å². The molecule has 6 heteroatoms. The predicted octanol–water partition coefficient (Wildman–Crippen LogP) is 1.60. The maximum Gasteiger partial charge on any atom is 0.236 e. The van der Waals surface area contributed by atoms with Gasteiger partial charge in [-0.3, -0.25) is 0 Å². The van der Waals surface area contributed by atoms with E-state index in [1.165, 1.54) is 6.07 Å². The Morgan fingerprint density at radius 1 is 1.46 bits per heavy atom. The molecule has 1 N–H and O–H groups in total. The van der Waals surface area contributed by atoms with Crippen molar-refractivity contribution in [1.29, 1.82) is 0 Å². The number of hydrogen-bond donors (Lipinski definition) is 1. The Kier molecular flexibility index (Phi) is 2.77. The maximum atomic E-state index is 12.5. The monoisotopic (exact) mass is 224 g/mol. The van der Waals surface area contributed by atoms with E-state index >= 15 is 0 Å². The molecule has 1 aromatic carbocycles. The van der Waals surface area contributed by atoms with Gasteiger partial charge in [0.15, 0.2) is 11.6 Å². The first kappa shape index (κ1) is 10.3. The number of hydrogen-bond acceptors (Lipinski definition) is 3. The van der Waals surface area contributed by atoms with E-state index in [4.69, 9.17) is 15.8 Å². The van der Waals surface area contributed by atoms with Crippen LogP contribution >= 0.6 is 10.7 Å². The molecule has 1 rings (SSSR count). The van der Waals surface area contributed by atoms with Crippen molar-refractivity contribution in [3.8, 4) is 5.75 Å². The van der Waals surface area contributed by atoms with E-state index in [1.54, 1.807) is 0 Å². The molecule has 0 bridgehead atoms. The van der Waals surface area contributed by atoms with Gasteiger partial charge < -0.3 is 5.11 Å². The fourth-order valence-corrected chi connectivity index (χ4v) is 1.80. The summed E-state index contributed by atoms with van der Waals surface area (Å²) in [5.41, 5.74) is 0.244. The molecule has 0 atom stereocenters. The third-order valence-corrected chi connectivity index (χ3v) is 2.36. The molecule has 72 valence electrons. The molecule has 0 amide bonds. The molecule has 0 aliphatic carbocycles. The third kappa shape index (κ3) is 3.20. The van der Waals surface area contributed by atoms with E-state index in [2.05, 4.69) is 0 Å². The van der Waals surface area contributed by atoms with E-state index < -0.39 is 26.4 Å². The van der Waals surface area contributed by atoms with Crippen molar-refractivity contribution in [2.45, 2.75) is 5.75 Å². The van der Waals surface area contributed by atoms with Gasteiger partial charge >= 0.3 is 0 Å². The minimum atomic E-state index is -3.67. The van der Waals surface area contributed by atoms with Crippen molar-refractivity contribution < 1.29 is 17.9 Å². The quantitative estimate of drug-likeness (QED) is 0.777. The second-order valence-corrected chi connectivity index (χ2v) is 5.25. The normalized spacial score (nSPS) is 11.5. The molecule has 3 nitrogen and oxygen atoms in total. The summed E-state index contributed by atoms with van der Waals surface area (Å²) in [6.45, 7) is 0. The standard InChI is InChI=1S/C7H6ClFO3S/c8-13(11,12)4-5-1-2-6(9)7(10)3-5/h1-3,10H,4H2. The Labute approximate surface area is 79.2 Å². The lowest BCUT2D eigenvalue weighted by atomic mass is 10.2. The lowest BCUT2D eigenvalue weighted by molar-refractivity contribution is 0.432. The van der Waals surface area contributed by atoms with Crippen molar-refractivity contribution in [1.82, 2.24) is 0 Å². The van der Waals surface area contributed by atoms with Crippen LogP contribution in [-0.4, -0.2) is 13.5 Å². The summed E-state index contributed by atoms with van der Waals surface area (Å²) in [6.07, 6.45) is 0. The van der Waals surface area contributed by atoms with Gasteiger partial charge in [-0.1, -0.05) is 6.07 Å². The molecular weight excluding hydrogens is 219 g/mol. The Morgan fingerprint density at radius 2 is 2.08 bits per heavy atom. The molecular formula is C7H6ClFO3S. The number of aromatic hydroxyl groups is 1. The molecule has 1 aromatic rings. The summed E-state index contributed by atoms with van der Waals surface area (Å²) >= 11 is 0. The Balaban J connectivity index is 2.99. The zero-order valence-electron chi connectivity index (χ0n) is 6.37. The molecule has 0 unspecified atom stereocenters. The second kappa shape index (κ2) is 3.51. The van der Waals surface area contributed by atoms with Gasteiger partial charge in [-0.15, -0.1) is 0 Å². The van der Waals surface area contributed by atoms with E-state index in [1.807, 2.05) is 0 Å². The Morgan fingerprint density at radius 3 is 2.54 bits per heavy atom. The molecule has 0 aliphatic heterocycles. The second-order valence-electron chi connectivity index (χ2n) is 2.47. The highest BCUT2D eigenvalue weighted by atomic mass is 35.7. The van der Waals surface area contributed by atoms with Gasteiger partial charge in [0.05, 0.1) is 5.75 Å². The minimum Gasteiger partial charge on any atom is -0.505 e. The first-order valence-corrected chi connectivity index (χ1v) is 5.76. The molecule has 0 fully saturated rings. The minimum absolute atomic E-state index is 0.244. The van der Waals surface area contributed by atoms with E-state index in [0.29, 0.717) is 0 Å². The lowest BCUT2D eigenvalue weighted by Gasteiger charge is -1.99. The molecule has 0 aromatic heterocycles. The summed E-state index contributed by atoms with van der Waals surface area (Å²) < 4.78 is 33.7. The third-order valence-electron chi connectivity index (χ3n) is 1.35. The van der Waals surface area contributed by atoms with Crippen LogP contribution in [0.3, 0.4) is 0 Å². The van der Waals surface area contributed by atoms with Crippen LogP contribution in [0.4, 0.5) is 4.39 Å². The largest absolute Gasteiger partial charge is 0.505 e. The fraction of sp³-hybridized carbons (Fsp3) is 0.143. The predicted molar refractivity (Wildman–Crippen MR) is 46.5 cm³/mol. The number of rotatable bonds is 2. The van der Waals surface area contributed by atoms with Crippen molar-refractivity contribution in [2.24, 2.45) is 0 Å². The summed E-state index contributed by atoms with van der Waals surface area (Å²) in [5, 5.41) is 8.88. The highest BCUT2D eigenvalue weighted by molar-refractivity contribution is 8.13. The van der Waals surface area contributed by atoms with Crippen LogP contribution < -0.4 is 0 Å². The summed E-state index contributed by atoms with van der Waals surface area (Å²) in [6, 6.07) is 3.25. The van der Waals surface area contributed by atoms with Gasteiger partial charge in [0, 0.05) is 10.7 Å². The average molecular weight is 225 g/mol. The average Bonchev–Trinajstić information content (AvgIpc) is 1.94. The highest BCUT2D eigenvalue weighted by Crippen LogP contribution is 2.19. The van der Waals surface area contributed by atoms with Crippen LogP contribution in [0.25, 0.3) is 0 Å². The molecule has 0 heterocycles. The van der Waals surface area contributed by atoms with E-state index in [-0.39, 0.29) is 5.56 Å². The van der Waals surface area contributed by atoms with Crippen LogP contribution in [0.2, 0.25) is 0 Å². The lowest BCUT2D eigenvalue weighted by Crippen LogP contribution is -1.94. The summed E-state index contributed by atoms with van der Waals surface area (Å²) in [7, 11) is 1.29. The first-order valence-electron chi connectivity index (χ1n) is 3.28. The van der Waals surface area contributed by atoms with Crippen LogP contribution in [0.15, 0.2) is 18.2 Å². The van der Waals surface area contributed by atoms with Gasteiger partial charge in [0.25, 0.3) is 0 Å². The number of phenolic OH excluding ortho intramolecular Hbond substituents is 1. The van der Waals surface area contributed by atoms with E-state index in [0.717, 1.165) is 12.1 Å². The molecule has 13 heavy (non-hydrogen) atoms. The number of phenols is 1. The highest BCUT2D eigenvalue weighted by Gasteiger charge is 2.09. The summed E-state index contributed by atoms with van der Waals surface area (Å²) in [5.74, 6) is -1.81. The van der Waals surface area contributed by atoms with Crippen LogP contribution in [0.1, 0.15) is 5.56 Å². The van der Waals surface area contributed by atoms with Gasteiger partial charge in [-0.2, -0.15) is 0 Å². The smallest absolute Gasteiger partial charge is 0.236 e. The van der Waals surface area contributed by atoms with Gasteiger partial charge in [0.1, 0.15) is 0 Å². The number of halogens is 2. The zero-order chi connectivity index (χ0) is 10.1.